The Kier molecular flexibility index (Phi) is 10.1. The molecule has 1 N–H and O–H groups in total. The third kappa shape index (κ3) is 6.44. The summed E-state index contributed by atoms with van der Waals surface area (Å²) in [6, 6.07) is 13.5. The van der Waals surface area contributed by atoms with E-state index in [4.69, 9.17) is 9.47 Å². The molecule has 1 aliphatic heterocycles. The van der Waals surface area contributed by atoms with Crippen LogP contribution in [0.15, 0.2) is 52.3 Å². The molecule has 0 saturated carbocycles. The zero-order valence-corrected chi connectivity index (χ0v) is 18.3. The van der Waals surface area contributed by atoms with Crippen molar-refractivity contribution < 1.29 is 24.2 Å². The Morgan fingerprint density at radius 3 is 2.60 bits per heavy atom. The van der Waals surface area contributed by atoms with Crippen LogP contribution in [-0.4, -0.2) is 71.0 Å². The molecule has 2 unspecified atom stereocenters. The fourth-order valence-electron chi connectivity index (χ4n) is 3.43. The van der Waals surface area contributed by atoms with Gasteiger partial charge in [0.1, 0.15) is 11.5 Å². The number of hydrogen-bond acceptors (Lipinski definition) is 5. The summed E-state index contributed by atoms with van der Waals surface area (Å²) in [5.41, 5.74) is 0.765. The van der Waals surface area contributed by atoms with Gasteiger partial charge in [-0.15, -0.1) is 11.8 Å². The van der Waals surface area contributed by atoms with Gasteiger partial charge in [-0.2, -0.15) is 0 Å². The number of hydrogen-bond donors (Lipinski definition) is 2. The summed E-state index contributed by atoms with van der Waals surface area (Å²) < 4.78 is 10.8. The van der Waals surface area contributed by atoms with Gasteiger partial charge in [0.25, 0.3) is 0 Å². The maximum atomic E-state index is 12.6. The number of benzene rings is 2. The quantitative estimate of drug-likeness (QED) is 0.348. The van der Waals surface area contributed by atoms with Crippen LogP contribution in [-0.2, 0) is 4.79 Å². The van der Waals surface area contributed by atoms with Crippen molar-refractivity contribution in [3.63, 3.8) is 0 Å². The minimum atomic E-state index is -0.798. The first kappa shape index (κ1) is 25.1. The van der Waals surface area contributed by atoms with Crippen LogP contribution in [0.3, 0.4) is 0 Å². The molecular formula is C22H27NaO5S2. The summed E-state index contributed by atoms with van der Waals surface area (Å²) in [6.45, 7) is 0. The first-order chi connectivity index (χ1) is 14.0. The van der Waals surface area contributed by atoms with Crippen LogP contribution in [0.4, 0.5) is 0 Å². The number of thioether (sulfide) groups is 1. The summed E-state index contributed by atoms with van der Waals surface area (Å²) in [5.74, 6) is 1.78. The normalized spacial score (nSPS) is 17.8. The number of carbonyl (C=O) groups excluding carboxylic acids is 1. The molecule has 1 heterocycles. The number of carbonyl (C=O) groups is 2. The zero-order chi connectivity index (χ0) is 20.8. The van der Waals surface area contributed by atoms with E-state index >= 15 is 0 Å². The molecule has 3 rings (SSSR count). The molecule has 2 atom stereocenters. The number of thiol groups is 1. The molecule has 30 heavy (non-hydrogen) atoms. The van der Waals surface area contributed by atoms with Crippen molar-refractivity contribution in [1.82, 2.24) is 0 Å². The van der Waals surface area contributed by atoms with E-state index < -0.39 is 16.9 Å². The molecule has 2 aromatic rings. The third-order valence-corrected chi connectivity index (χ3v) is 9.74. The fourth-order valence-corrected chi connectivity index (χ4v) is 8.44. The van der Waals surface area contributed by atoms with Gasteiger partial charge in [-0.05, 0) is 55.0 Å². The Morgan fingerprint density at radius 1 is 1.17 bits per heavy atom. The molecule has 158 valence electrons. The first-order valence-corrected chi connectivity index (χ1v) is 12.0. The van der Waals surface area contributed by atoms with Crippen LogP contribution >= 0.6 is 22.7 Å². The molecule has 0 bridgehead atoms. The van der Waals surface area contributed by atoms with Crippen molar-refractivity contribution >= 4 is 64.0 Å². The van der Waals surface area contributed by atoms with Gasteiger partial charge < -0.3 is 14.6 Å². The third-order valence-electron chi connectivity index (χ3n) is 4.88. The van der Waals surface area contributed by atoms with Crippen LogP contribution in [0.25, 0.3) is 0 Å². The van der Waals surface area contributed by atoms with E-state index in [9.17, 15) is 14.7 Å². The molecule has 5 nitrogen and oxygen atoms in total. The molecule has 0 aliphatic carbocycles. The van der Waals surface area contributed by atoms with Gasteiger partial charge in [0, 0.05) is 32.8 Å². The van der Waals surface area contributed by atoms with Gasteiger partial charge >= 0.3 is 35.5 Å². The van der Waals surface area contributed by atoms with Crippen molar-refractivity contribution in [1.29, 1.82) is 0 Å². The standard InChI is InChI=1S/C22H26O5S2.Na.H/c1-26-15-5-3-6-17(13-15)28-22(11-10-21(24)25)29-12-4-7-19(23)18-9-8-16(27-2)14-20(18)29;;/h3,5-6,8-9,13-14,22,29H,4,7,10-12H2,1-2H3,(H,24,25);;. The van der Waals surface area contributed by atoms with Crippen LogP contribution < -0.4 is 9.47 Å². The van der Waals surface area contributed by atoms with E-state index in [0.29, 0.717) is 12.8 Å². The first-order valence-electron chi connectivity index (χ1n) is 9.52. The zero-order valence-electron chi connectivity index (χ0n) is 16.6. The van der Waals surface area contributed by atoms with E-state index in [-0.39, 0.29) is 46.3 Å². The Morgan fingerprint density at radius 2 is 1.90 bits per heavy atom. The Bertz CT molecular complexity index is 890. The van der Waals surface area contributed by atoms with E-state index in [1.807, 2.05) is 42.5 Å². The predicted octanol–water partition coefficient (Wildman–Crippen LogP) is 4.38. The molecule has 0 saturated heterocycles. The molecule has 0 amide bonds. The monoisotopic (exact) mass is 458 g/mol. The van der Waals surface area contributed by atoms with Gasteiger partial charge in [0.2, 0.25) is 0 Å². The van der Waals surface area contributed by atoms with Crippen molar-refractivity contribution in [3.8, 4) is 11.5 Å². The van der Waals surface area contributed by atoms with Gasteiger partial charge in [-0.25, -0.2) is 10.9 Å². The predicted molar refractivity (Wildman–Crippen MR) is 125 cm³/mol. The second-order valence-corrected chi connectivity index (χ2v) is 10.9. The SMILES string of the molecule is COc1cccc(SC(CCC(=O)O)[SH]2CCCC(=O)c3ccc(OC)cc32)c1.[NaH]. The van der Waals surface area contributed by atoms with Crippen molar-refractivity contribution in [2.24, 2.45) is 0 Å². The molecule has 0 fully saturated rings. The van der Waals surface area contributed by atoms with Crippen LogP contribution in [0.5, 0.6) is 11.5 Å². The van der Waals surface area contributed by atoms with Crippen molar-refractivity contribution in [2.45, 2.75) is 40.1 Å². The van der Waals surface area contributed by atoms with E-state index in [1.165, 1.54) is 0 Å². The molecule has 1 aliphatic rings. The van der Waals surface area contributed by atoms with Crippen molar-refractivity contribution in [3.05, 3.63) is 48.0 Å². The number of ether oxygens (including phenoxy) is 2. The molecule has 0 radical (unpaired) electrons. The van der Waals surface area contributed by atoms with Crippen molar-refractivity contribution in [2.75, 3.05) is 20.0 Å². The Hall–Kier alpha value is -1.12. The fraction of sp³-hybridized carbons (Fsp3) is 0.364. The van der Waals surface area contributed by atoms with Gasteiger partial charge in [0.15, 0.2) is 5.78 Å². The number of ketones is 1. The Balaban J connectivity index is 0.00000320. The van der Waals surface area contributed by atoms with E-state index in [0.717, 1.165) is 39.0 Å². The van der Waals surface area contributed by atoms with Gasteiger partial charge in [0.05, 0.1) is 14.2 Å². The minimum absolute atomic E-state index is 0. The number of carboxylic acids is 1. The number of aliphatic carboxylic acids is 1. The average Bonchev–Trinajstić information content (AvgIpc) is 2.89. The number of rotatable bonds is 8. The number of Topliss-reactive ketones (excluding diaryl/α,β-unsaturated/α-hetero) is 1. The maximum absolute atomic E-state index is 12.6. The molecule has 8 heteroatoms. The second-order valence-electron chi connectivity index (χ2n) is 6.79. The van der Waals surface area contributed by atoms with Gasteiger partial charge in [-0.3, -0.25) is 9.59 Å². The molecule has 0 spiro atoms. The molecule has 0 aromatic heterocycles. The number of fused-ring (bicyclic) bond motifs is 1. The summed E-state index contributed by atoms with van der Waals surface area (Å²) in [6.07, 6.45) is 2.01. The summed E-state index contributed by atoms with van der Waals surface area (Å²) in [5, 5.41) is 9.29. The second kappa shape index (κ2) is 12.1. The topological polar surface area (TPSA) is 72.8 Å². The summed E-state index contributed by atoms with van der Waals surface area (Å²) in [4.78, 5) is 26.0. The number of carboxylic acid groups (broad SMARTS) is 1. The summed E-state index contributed by atoms with van der Waals surface area (Å²) in [7, 11) is 2.52. The van der Waals surface area contributed by atoms with E-state index in [1.54, 1.807) is 26.0 Å². The van der Waals surface area contributed by atoms with Gasteiger partial charge in [-0.1, -0.05) is 6.07 Å². The average molecular weight is 459 g/mol. The Labute approximate surface area is 206 Å². The molecular weight excluding hydrogens is 431 g/mol. The van der Waals surface area contributed by atoms with Crippen LogP contribution in [0, 0.1) is 0 Å². The van der Waals surface area contributed by atoms with E-state index in [2.05, 4.69) is 0 Å². The number of methoxy groups -OCH3 is 2. The summed E-state index contributed by atoms with van der Waals surface area (Å²) >= 11 is 1.69. The van der Waals surface area contributed by atoms with Crippen LogP contribution in [0.2, 0.25) is 0 Å². The van der Waals surface area contributed by atoms with Crippen LogP contribution in [0.1, 0.15) is 36.0 Å². The molecule has 2 aromatic carbocycles.